The lowest BCUT2D eigenvalue weighted by atomic mass is 9.92. The summed E-state index contributed by atoms with van der Waals surface area (Å²) >= 11 is 0. The average Bonchev–Trinajstić information content (AvgIpc) is 3.30. The Labute approximate surface area is 214 Å². The predicted molar refractivity (Wildman–Crippen MR) is 144 cm³/mol. The minimum Gasteiger partial charge on any atom is -0.494 e. The van der Waals surface area contributed by atoms with E-state index in [1.54, 1.807) is 79.8 Å². The summed E-state index contributed by atoms with van der Waals surface area (Å²) in [5.41, 5.74) is 0.0286. The molecule has 1 aliphatic rings. The maximum atomic E-state index is 13.7. The monoisotopic (exact) mass is 504 g/mol. The van der Waals surface area contributed by atoms with E-state index in [0.717, 1.165) is 0 Å². The summed E-state index contributed by atoms with van der Waals surface area (Å²) in [7, 11) is 1.59. The minimum absolute atomic E-state index is 0.0305. The lowest BCUT2D eigenvalue weighted by molar-refractivity contribution is -0.114. The molecule has 3 heterocycles. The Morgan fingerprint density at radius 3 is 2.29 bits per heavy atom. The molecule has 0 atom stereocenters. The number of ketones is 1. The van der Waals surface area contributed by atoms with E-state index in [9.17, 15) is 24.3 Å². The first-order valence-corrected chi connectivity index (χ1v) is 11.7. The highest BCUT2D eigenvalue weighted by Gasteiger charge is 2.36. The molecule has 3 N–H and O–H groups in total. The molecule has 186 valence electrons. The molecule has 9 nitrogen and oxygen atoms in total. The van der Waals surface area contributed by atoms with Crippen LogP contribution in [-0.2, 0) is 11.8 Å². The lowest BCUT2D eigenvalue weighted by Crippen LogP contribution is -2.36. The molecular formula is C29H20N4O5. The van der Waals surface area contributed by atoms with E-state index < -0.39 is 22.7 Å². The van der Waals surface area contributed by atoms with Crippen LogP contribution in [0.4, 0.5) is 11.4 Å². The molecule has 3 aromatic carbocycles. The molecule has 0 aliphatic carbocycles. The van der Waals surface area contributed by atoms with E-state index in [1.807, 2.05) is 6.07 Å². The van der Waals surface area contributed by atoms with Crippen LogP contribution in [0.2, 0.25) is 0 Å². The number of benzene rings is 3. The number of pyridine rings is 1. The number of aromatic nitrogens is 3. The number of Topliss-reactive ketones (excluding diaryl/α,β-unsaturated/α-hetero) is 1. The van der Waals surface area contributed by atoms with Crippen molar-refractivity contribution in [2.45, 2.75) is 0 Å². The van der Waals surface area contributed by atoms with Crippen LogP contribution in [0.25, 0.3) is 28.2 Å². The van der Waals surface area contributed by atoms with Gasteiger partial charge in [0.2, 0.25) is 17.1 Å². The molecule has 0 spiro atoms. The first-order chi connectivity index (χ1) is 18.4. The second-order valence-electron chi connectivity index (χ2n) is 8.85. The number of aromatic amines is 2. The number of hydrogen-bond donors (Lipinski definition) is 3. The normalized spacial score (nSPS) is 14.3. The van der Waals surface area contributed by atoms with Crippen molar-refractivity contribution in [3.63, 3.8) is 0 Å². The summed E-state index contributed by atoms with van der Waals surface area (Å²) in [6.07, 6.45) is 1.18. The molecule has 0 saturated heterocycles. The van der Waals surface area contributed by atoms with Gasteiger partial charge in [-0.2, -0.15) is 0 Å². The average molecular weight is 505 g/mol. The molecule has 2 aromatic heterocycles. The number of anilines is 2. The highest BCUT2D eigenvalue weighted by molar-refractivity contribution is 6.38. The van der Waals surface area contributed by atoms with Gasteiger partial charge in [-0.3, -0.25) is 34.3 Å². The van der Waals surface area contributed by atoms with Crippen LogP contribution < -0.4 is 15.9 Å². The molecule has 6 rings (SSSR count). The maximum Gasteiger partial charge on any atom is 0.271 e. The lowest BCUT2D eigenvalue weighted by Gasteiger charge is -2.30. The summed E-state index contributed by atoms with van der Waals surface area (Å²) in [5, 5.41) is 16.4. The van der Waals surface area contributed by atoms with Gasteiger partial charge in [0.15, 0.2) is 0 Å². The number of nitrogens with zero attached hydrogens (tertiary/aromatic N) is 2. The number of fused-ring (bicyclic) bond motifs is 2. The van der Waals surface area contributed by atoms with Crippen LogP contribution in [0.5, 0.6) is 5.88 Å². The number of H-pyrrole nitrogens is 2. The summed E-state index contributed by atoms with van der Waals surface area (Å²) < 4.78 is 1.43. The molecular weight excluding hydrogens is 484 g/mol. The third kappa shape index (κ3) is 3.33. The second-order valence-corrected chi connectivity index (χ2v) is 8.85. The number of rotatable bonds is 3. The number of carbonyl (C=O) groups is 2. The van der Waals surface area contributed by atoms with Crippen molar-refractivity contribution < 1.29 is 14.7 Å². The Bertz CT molecular complexity index is 1930. The number of carbonyl (C=O) groups excluding carboxylic acids is 2. The number of hydrogen-bond acceptors (Lipinski definition) is 5. The summed E-state index contributed by atoms with van der Waals surface area (Å²) in [6.45, 7) is 0. The fourth-order valence-corrected chi connectivity index (χ4v) is 4.84. The quantitative estimate of drug-likeness (QED) is 0.254. The Morgan fingerprint density at radius 1 is 0.816 bits per heavy atom. The van der Waals surface area contributed by atoms with E-state index in [-0.39, 0.29) is 28.3 Å². The van der Waals surface area contributed by atoms with Gasteiger partial charge in [-0.15, -0.1) is 0 Å². The topological polar surface area (TPSA) is 128 Å². The van der Waals surface area contributed by atoms with Crippen LogP contribution in [0.1, 0.15) is 15.9 Å². The standard InChI is InChI=1S/C29H20N4O5/c1-32-21-13-7-5-11-17(21)26(35)23(29(32)38)24-19(27(36)31-30-24)15-20-25(34)18-12-6-8-14-22(18)33(28(20)37)16-9-3-2-4-10-16/h2-15,38H,1H3,(H2,30,31,36)/b20-15+. The zero-order chi connectivity index (χ0) is 26.6. The Morgan fingerprint density at radius 2 is 1.50 bits per heavy atom. The van der Waals surface area contributed by atoms with Gasteiger partial charge in [0, 0.05) is 23.7 Å². The minimum atomic E-state index is -0.659. The fraction of sp³-hybridized carbons (Fsp3) is 0.0345. The van der Waals surface area contributed by atoms with Gasteiger partial charge in [-0.05, 0) is 42.5 Å². The first-order valence-electron chi connectivity index (χ1n) is 11.7. The molecule has 1 aliphatic heterocycles. The van der Waals surface area contributed by atoms with Crippen molar-refractivity contribution in [1.82, 2.24) is 14.8 Å². The van der Waals surface area contributed by atoms with Crippen molar-refractivity contribution >= 4 is 40.0 Å². The van der Waals surface area contributed by atoms with Crippen LogP contribution in [0.15, 0.2) is 94.0 Å². The van der Waals surface area contributed by atoms with Crippen molar-refractivity contribution in [2.24, 2.45) is 7.05 Å². The van der Waals surface area contributed by atoms with Crippen molar-refractivity contribution in [3.05, 3.63) is 116 Å². The predicted octanol–water partition coefficient (Wildman–Crippen LogP) is 3.87. The smallest absolute Gasteiger partial charge is 0.271 e. The summed E-state index contributed by atoms with van der Waals surface area (Å²) in [4.78, 5) is 55.0. The number of nitrogens with one attached hydrogen (secondary N) is 2. The summed E-state index contributed by atoms with van der Waals surface area (Å²) in [6, 6.07) is 22.3. The van der Waals surface area contributed by atoms with Gasteiger partial charge in [0.1, 0.15) is 5.56 Å². The van der Waals surface area contributed by atoms with Crippen LogP contribution in [0.3, 0.4) is 0 Å². The van der Waals surface area contributed by atoms with Gasteiger partial charge in [0.25, 0.3) is 11.5 Å². The van der Waals surface area contributed by atoms with Crippen molar-refractivity contribution in [3.8, 4) is 17.1 Å². The molecule has 0 radical (unpaired) electrons. The zero-order valence-corrected chi connectivity index (χ0v) is 20.1. The van der Waals surface area contributed by atoms with E-state index in [1.165, 1.54) is 15.5 Å². The molecule has 0 unspecified atom stereocenters. The highest BCUT2D eigenvalue weighted by Crippen LogP contribution is 2.37. The van der Waals surface area contributed by atoms with Crippen LogP contribution in [0, 0.1) is 0 Å². The molecule has 9 heteroatoms. The second kappa shape index (κ2) is 8.59. The number of aryl methyl sites for hydroxylation is 1. The van der Waals surface area contributed by atoms with E-state index in [0.29, 0.717) is 27.8 Å². The van der Waals surface area contributed by atoms with Crippen LogP contribution >= 0.6 is 0 Å². The number of amides is 1. The Balaban J connectivity index is 1.59. The zero-order valence-electron chi connectivity index (χ0n) is 20.1. The molecule has 38 heavy (non-hydrogen) atoms. The van der Waals surface area contributed by atoms with Gasteiger partial charge in [-0.25, -0.2) is 0 Å². The van der Waals surface area contributed by atoms with Gasteiger partial charge >= 0.3 is 0 Å². The third-order valence-electron chi connectivity index (χ3n) is 6.71. The molecule has 1 amide bonds. The molecule has 5 aromatic rings. The Kier molecular flexibility index (Phi) is 5.20. The molecule has 0 bridgehead atoms. The van der Waals surface area contributed by atoms with Gasteiger partial charge in [0.05, 0.1) is 28.0 Å². The fourth-order valence-electron chi connectivity index (χ4n) is 4.84. The highest BCUT2D eigenvalue weighted by atomic mass is 16.3. The summed E-state index contributed by atoms with van der Waals surface area (Å²) in [5.74, 6) is -1.55. The van der Waals surface area contributed by atoms with E-state index in [2.05, 4.69) is 10.2 Å². The van der Waals surface area contributed by atoms with Crippen LogP contribution in [-0.4, -0.2) is 31.6 Å². The SMILES string of the molecule is Cn1c(O)c(-c2[nH][nH]c(=O)c2/C=C2\C(=O)c3ccccc3N(c3ccccc3)C2=O)c(=O)c2ccccc21. The Hall–Kier alpha value is -5.44. The van der Waals surface area contributed by atoms with E-state index >= 15 is 0 Å². The van der Waals surface area contributed by atoms with Gasteiger partial charge < -0.3 is 9.67 Å². The third-order valence-corrected chi connectivity index (χ3v) is 6.71. The van der Waals surface area contributed by atoms with Crippen molar-refractivity contribution in [1.29, 1.82) is 0 Å². The van der Waals surface area contributed by atoms with Crippen molar-refractivity contribution in [2.75, 3.05) is 4.90 Å². The van der Waals surface area contributed by atoms with Gasteiger partial charge in [-0.1, -0.05) is 42.5 Å². The maximum absolute atomic E-state index is 13.7. The number of para-hydroxylation sites is 3. The molecule has 0 saturated carbocycles. The molecule has 0 fully saturated rings. The van der Waals surface area contributed by atoms with E-state index in [4.69, 9.17) is 0 Å². The first kappa shape index (κ1) is 23.0. The largest absolute Gasteiger partial charge is 0.494 e. The number of aromatic hydroxyl groups is 1.